The van der Waals surface area contributed by atoms with Crippen molar-refractivity contribution in [1.82, 2.24) is 4.72 Å². The molecule has 1 aliphatic rings. The Morgan fingerprint density at radius 2 is 2.15 bits per heavy atom. The van der Waals surface area contributed by atoms with E-state index < -0.39 is 10.0 Å². The second-order valence-corrected chi connectivity index (χ2v) is 7.98. The highest BCUT2D eigenvalue weighted by Gasteiger charge is 2.37. The molecule has 5 nitrogen and oxygen atoms in total. The molecule has 1 aromatic rings. The van der Waals surface area contributed by atoms with Crippen LogP contribution in [0.25, 0.3) is 0 Å². The molecular weight excluding hydrogens is 296 g/mol. The first-order valence-corrected chi connectivity index (χ1v) is 9.12. The van der Waals surface area contributed by atoms with E-state index in [1.807, 2.05) is 6.26 Å². The van der Waals surface area contributed by atoms with E-state index in [-0.39, 0.29) is 15.3 Å². The third-order valence-corrected chi connectivity index (χ3v) is 6.68. The topological polar surface area (TPSA) is 81.4 Å². The number of nitrogens with two attached hydrogens (primary N) is 1. The average molecular weight is 316 g/mol. The van der Waals surface area contributed by atoms with E-state index in [4.69, 9.17) is 10.5 Å². The summed E-state index contributed by atoms with van der Waals surface area (Å²) >= 11 is 1.73. The van der Waals surface area contributed by atoms with Crippen LogP contribution in [0.5, 0.6) is 5.75 Å². The molecule has 1 fully saturated rings. The first-order valence-electron chi connectivity index (χ1n) is 6.41. The first kappa shape index (κ1) is 15.5. The van der Waals surface area contributed by atoms with Gasteiger partial charge in [0.05, 0.1) is 12.8 Å². The molecular formula is C13H20N2O3S2. The Kier molecular flexibility index (Phi) is 4.51. The number of hydrogen-bond acceptors (Lipinski definition) is 5. The van der Waals surface area contributed by atoms with Gasteiger partial charge in [-0.3, -0.25) is 0 Å². The Labute approximate surface area is 124 Å². The van der Waals surface area contributed by atoms with Crippen LogP contribution in [0.15, 0.2) is 23.1 Å². The van der Waals surface area contributed by atoms with E-state index in [1.165, 1.54) is 19.2 Å². The van der Waals surface area contributed by atoms with Gasteiger partial charge in [0.25, 0.3) is 0 Å². The van der Waals surface area contributed by atoms with Crippen molar-refractivity contribution in [2.75, 3.05) is 25.6 Å². The Morgan fingerprint density at radius 1 is 1.45 bits per heavy atom. The van der Waals surface area contributed by atoms with Gasteiger partial charge in [-0.05, 0) is 31.2 Å². The molecule has 0 spiro atoms. The summed E-state index contributed by atoms with van der Waals surface area (Å²) in [6.45, 7) is 0.446. The van der Waals surface area contributed by atoms with E-state index in [1.54, 1.807) is 17.8 Å². The molecule has 1 aliphatic carbocycles. The Bertz CT molecular complexity index is 578. The monoisotopic (exact) mass is 316 g/mol. The quantitative estimate of drug-likeness (QED) is 0.783. The molecule has 0 heterocycles. The van der Waals surface area contributed by atoms with Crippen molar-refractivity contribution in [3.8, 4) is 5.75 Å². The predicted molar refractivity (Wildman–Crippen MR) is 82.7 cm³/mol. The number of nitrogen functional groups attached to an aromatic ring is 1. The van der Waals surface area contributed by atoms with Crippen LogP contribution in [0.3, 0.4) is 0 Å². The number of sulfonamides is 1. The van der Waals surface area contributed by atoms with Crippen LogP contribution >= 0.6 is 11.8 Å². The van der Waals surface area contributed by atoms with Gasteiger partial charge in [0.2, 0.25) is 10.0 Å². The summed E-state index contributed by atoms with van der Waals surface area (Å²) in [4.78, 5) is 0.105. The van der Waals surface area contributed by atoms with Crippen molar-refractivity contribution >= 4 is 27.5 Å². The molecule has 20 heavy (non-hydrogen) atoms. The molecule has 0 bridgehead atoms. The van der Waals surface area contributed by atoms with Gasteiger partial charge in [-0.25, -0.2) is 13.1 Å². The van der Waals surface area contributed by atoms with Gasteiger partial charge in [-0.1, -0.05) is 6.42 Å². The van der Waals surface area contributed by atoms with Gasteiger partial charge >= 0.3 is 0 Å². The van der Waals surface area contributed by atoms with Gasteiger partial charge in [-0.15, -0.1) is 0 Å². The number of benzene rings is 1. The molecule has 112 valence electrons. The standard InChI is InChI=1S/C13H20N2O3S2/c1-18-10-4-5-12(11(14)8-10)20(16,17)15-9-13(19-2)6-3-7-13/h4-5,8,15H,3,6-7,9,14H2,1-2H3. The van der Waals surface area contributed by atoms with E-state index in [0.29, 0.717) is 12.3 Å². The molecule has 1 aromatic carbocycles. The van der Waals surface area contributed by atoms with E-state index in [2.05, 4.69) is 4.72 Å². The molecule has 0 radical (unpaired) electrons. The lowest BCUT2D eigenvalue weighted by molar-refractivity contribution is 0.362. The SMILES string of the molecule is COc1ccc(S(=O)(=O)NCC2(SC)CCC2)c(N)c1. The van der Waals surface area contributed by atoms with Crippen molar-refractivity contribution in [3.05, 3.63) is 18.2 Å². The van der Waals surface area contributed by atoms with Crippen LogP contribution in [-0.2, 0) is 10.0 Å². The van der Waals surface area contributed by atoms with Crippen molar-refractivity contribution in [2.24, 2.45) is 0 Å². The Hall–Kier alpha value is -0.920. The molecule has 1 saturated carbocycles. The van der Waals surface area contributed by atoms with Crippen LogP contribution in [-0.4, -0.2) is 33.1 Å². The maximum absolute atomic E-state index is 12.3. The highest BCUT2D eigenvalue weighted by atomic mass is 32.2. The lowest BCUT2D eigenvalue weighted by Crippen LogP contribution is -2.45. The predicted octanol–water partition coefficient (Wildman–Crippen LogP) is 1.84. The largest absolute Gasteiger partial charge is 0.497 e. The van der Waals surface area contributed by atoms with Crippen LogP contribution in [0.4, 0.5) is 5.69 Å². The summed E-state index contributed by atoms with van der Waals surface area (Å²) in [5.41, 5.74) is 5.99. The minimum Gasteiger partial charge on any atom is -0.497 e. The second kappa shape index (κ2) is 5.83. The molecule has 0 aromatic heterocycles. The van der Waals surface area contributed by atoms with Gasteiger partial charge in [-0.2, -0.15) is 11.8 Å². The number of nitrogens with one attached hydrogen (secondary N) is 1. The summed E-state index contributed by atoms with van der Waals surface area (Å²) in [6, 6.07) is 4.59. The normalized spacial score (nSPS) is 17.5. The number of rotatable bonds is 6. The fourth-order valence-electron chi connectivity index (χ4n) is 2.23. The molecule has 2 rings (SSSR count). The number of anilines is 1. The lowest BCUT2D eigenvalue weighted by atomic mass is 9.84. The number of methoxy groups -OCH3 is 1. The number of hydrogen-bond donors (Lipinski definition) is 2. The van der Waals surface area contributed by atoms with Crippen LogP contribution in [0, 0.1) is 0 Å². The summed E-state index contributed by atoms with van der Waals surface area (Å²) in [5, 5.41) is 0. The summed E-state index contributed by atoms with van der Waals surface area (Å²) in [5.74, 6) is 0.543. The van der Waals surface area contributed by atoms with Crippen molar-refractivity contribution < 1.29 is 13.2 Å². The fourth-order valence-corrected chi connectivity index (χ4v) is 4.47. The maximum atomic E-state index is 12.3. The van der Waals surface area contributed by atoms with E-state index in [0.717, 1.165) is 19.3 Å². The smallest absolute Gasteiger partial charge is 0.242 e. The minimum atomic E-state index is -3.58. The zero-order chi connectivity index (χ0) is 14.8. The zero-order valence-corrected chi connectivity index (χ0v) is 13.3. The first-order chi connectivity index (χ1) is 9.42. The third-order valence-electron chi connectivity index (χ3n) is 3.79. The van der Waals surface area contributed by atoms with Crippen LogP contribution in [0.1, 0.15) is 19.3 Å². The lowest BCUT2D eigenvalue weighted by Gasteiger charge is -2.40. The van der Waals surface area contributed by atoms with E-state index >= 15 is 0 Å². The van der Waals surface area contributed by atoms with Crippen molar-refractivity contribution in [3.63, 3.8) is 0 Å². The Balaban J connectivity index is 2.14. The van der Waals surface area contributed by atoms with Gasteiger partial charge in [0.1, 0.15) is 10.6 Å². The molecule has 3 N–H and O–H groups in total. The molecule has 7 heteroatoms. The van der Waals surface area contributed by atoms with Crippen molar-refractivity contribution in [2.45, 2.75) is 28.9 Å². The van der Waals surface area contributed by atoms with E-state index in [9.17, 15) is 8.42 Å². The van der Waals surface area contributed by atoms with Gasteiger partial charge in [0, 0.05) is 17.4 Å². The molecule has 0 unspecified atom stereocenters. The molecule has 0 amide bonds. The summed E-state index contributed by atoms with van der Waals surface area (Å²) < 4.78 is 32.4. The highest BCUT2D eigenvalue weighted by molar-refractivity contribution is 8.00. The second-order valence-electron chi connectivity index (χ2n) is 4.97. The third kappa shape index (κ3) is 3.05. The maximum Gasteiger partial charge on any atom is 0.242 e. The molecule has 0 atom stereocenters. The van der Waals surface area contributed by atoms with Gasteiger partial charge in [0.15, 0.2) is 0 Å². The highest BCUT2D eigenvalue weighted by Crippen LogP contribution is 2.42. The van der Waals surface area contributed by atoms with Crippen LogP contribution in [0.2, 0.25) is 0 Å². The molecule has 0 aliphatic heterocycles. The Morgan fingerprint density at radius 3 is 2.60 bits per heavy atom. The number of thioether (sulfide) groups is 1. The zero-order valence-electron chi connectivity index (χ0n) is 11.7. The van der Waals surface area contributed by atoms with Crippen molar-refractivity contribution in [1.29, 1.82) is 0 Å². The van der Waals surface area contributed by atoms with Crippen LogP contribution < -0.4 is 15.2 Å². The van der Waals surface area contributed by atoms with Gasteiger partial charge < -0.3 is 10.5 Å². The fraction of sp³-hybridized carbons (Fsp3) is 0.538. The average Bonchev–Trinajstić information content (AvgIpc) is 2.37. The summed E-state index contributed by atoms with van der Waals surface area (Å²) in [6.07, 6.45) is 5.28. The molecule has 0 saturated heterocycles. The minimum absolute atomic E-state index is 0.0499. The number of ether oxygens (including phenoxy) is 1. The summed E-state index contributed by atoms with van der Waals surface area (Å²) in [7, 11) is -2.07.